The van der Waals surface area contributed by atoms with Gasteiger partial charge in [0.25, 0.3) is 0 Å². The van der Waals surface area contributed by atoms with Crippen LogP contribution in [0.3, 0.4) is 0 Å². The first kappa shape index (κ1) is 10.4. The van der Waals surface area contributed by atoms with Gasteiger partial charge in [-0.1, -0.05) is 13.8 Å². The molecule has 1 atom stereocenters. The Kier molecular flexibility index (Phi) is 5.87. The van der Waals surface area contributed by atoms with Crippen LogP contribution in [0.2, 0.25) is 0 Å². The molecule has 64 valence electrons. The van der Waals surface area contributed by atoms with E-state index < -0.39 is 0 Å². The molecular formula is C9H18N2. The first-order chi connectivity index (χ1) is 5.33. The molecule has 0 aromatic heterocycles. The molecule has 0 aromatic carbocycles. The molecule has 1 aliphatic heterocycles. The Bertz CT molecular complexity index is 109. The van der Waals surface area contributed by atoms with Crippen LogP contribution in [0.5, 0.6) is 0 Å². The standard InChI is InChI=1S/C8H17N.CHN/c1-3-9-6-4-5-8(2)7-9;1-2/h8H,3-7H2,1-2H3;1H/t8-;/m1./s1. The normalized spacial score (nSPS) is 25.3. The number of likely N-dealkylation sites (tertiary alicyclic amines) is 1. The van der Waals surface area contributed by atoms with Gasteiger partial charge in [-0.25, -0.2) is 5.26 Å². The van der Waals surface area contributed by atoms with Gasteiger partial charge in [0.15, 0.2) is 0 Å². The van der Waals surface area contributed by atoms with Crippen LogP contribution in [0, 0.1) is 17.8 Å². The van der Waals surface area contributed by atoms with Gasteiger partial charge in [0.1, 0.15) is 0 Å². The second-order valence-electron chi connectivity index (χ2n) is 3.14. The Hall–Kier alpha value is -0.550. The zero-order valence-corrected chi connectivity index (χ0v) is 7.58. The Morgan fingerprint density at radius 3 is 2.55 bits per heavy atom. The van der Waals surface area contributed by atoms with E-state index in [0.29, 0.717) is 0 Å². The molecule has 0 N–H and O–H groups in total. The maximum Gasteiger partial charge on any atom is 0.0462 e. The van der Waals surface area contributed by atoms with Gasteiger partial charge in [0.05, 0.1) is 0 Å². The Morgan fingerprint density at radius 1 is 1.55 bits per heavy atom. The third kappa shape index (κ3) is 4.00. The van der Waals surface area contributed by atoms with E-state index in [2.05, 4.69) is 25.3 Å². The van der Waals surface area contributed by atoms with Crippen LogP contribution in [-0.2, 0) is 0 Å². The number of hydrogen-bond acceptors (Lipinski definition) is 2. The summed E-state index contributed by atoms with van der Waals surface area (Å²) in [6.45, 7) is 12.0. The van der Waals surface area contributed by atoms with Crippen molar-refractivity contribution in [3.8, 4) is 6.57 Å². The van der Waals surface area contributed by atoms with Crippen LogP contribution in [0.25, 0.3) is 0 Å². The summed E-state index contributed by atoms with van der Waals surface area (Å²) >= 11 is 0. The first-order valence-corrected chi connectivity index (χ1v) is 4.31. The van der Waals surface area contributed by atoms with E-state index in [9.17, 15) is 0 Å². The second kappa shape index (κ2) is 6.18. The van der Waals surface area contributed by atoms with Crippen molar-refractivity contribution in [2.45, 2.75) is 26.7 Å². The minimum atomic E-state index is 0.943. The molecule has 0 aromatic rings. The third-order valence-corrected chi connectivity index (χ3v) is 2.19. The zero-order valence-electron chi connectivity index (χ0n) is 7.58. The van der Waals surface area contributed by atoms with E-state index in [0.717, 1.165) is 5.92 Å². The lowest BCUT2D eigenvalue weighted by Gasteiger charge is -2.29. The highest BCUT2D eigenvalue weighted by Gasteiger charge is 2.13. The summed E-state index contributed by atoms with van der Waals surface area (Å²) in [6, 6.07) is 0. The molecule has 0 bridgehead atoms. The van der Waals surface area contributed by atoms with Crippen LogP contribution in [0.1, 0.15) is 26.7 Å². The topological polar surface area (TPSA) is 27.0 Å². The smallest absolute Gasteiger partial charge is 0.0462 e. The fourth-order valence-electron chi connectivity index (χ4n) is 1.57. The molecular weight excluding hydrogens is 136 g/mol. The summed E-state index contributed by atoms with van der Waals surface area (Å²) in [5.41, 5.74) is 0. The summed E-state index contributed by atoms with van der Waals surface area (Å²) in [7, 11) is 0. The average molecular weight is 154 g/mol. The maximum absolute atomic E-state index is 6.50. The molecule has 11 heavy (non-hydrogen) atoms. The van der Waals surface area contributed by atoms with Gasteiger partial charge < -0.3 is 4.90 Å². The number of nitrogens with zero attached hydrogens (tertiary/aromatic N) is 2. The summed E-state index contributed by atoms with van der Waals surface area (Å²) < 4.78 is 0. The van der Waals surface area contributed by atoms with E-state index in [4.69, 9.17) is 5.26 Å². The van der Waals surface area contributed by atoms with Gasteiger partial charge >= 0.3 is 0 Å². The molecule has 0 spiro atoms. The highest BCUT2D eigenvalue weighted by Crippen LogP contribution is 2.14. The maximum atomic E-state index is 6.50. The molecule has 2 nitrogen and oxygen atoms in total. The Morgan fingerprint density at radius 2 is 2.18 bits per heavy atom. The van der Waals surface area contributed by atoms with Gasteiger partial charge in [-0.2, -0.15) is 0 Å². The van der Waals surface area contributed by atoms with Crippen LogP contribution in [0.4, 0.5) is 0 Å². The van der Waals surface area contributed by atoms with E-state index in [-0.39, 0.29) is 0 Å². The number of piperidine rings is 1. The highest BCUT2D eigenvalue weighted by atomic mass is 15.1. The molecule has 0 aliphatic carbocycles. The van der Waals surface area contributed by atoms with Gasteiger partial charge in [0.2, 0.25) is 0 Å². The molecule has 0 radical (unpaired) electrons. The van der Waals surface area contributed by atoms with Crippen molar-refractivity contribution >= 4 is 0 Å². The van der Waals surface area contributed by atoms with Crippen molar-refractivity contribution in [2.24, 2.45) is 5.92 Å². The van der Waals surface area contributed by atoms with Crippen molar-refractivity contribution in [1.29, 1.82) is 5.26 Å². The number of nitriles is 1. The summed E-state index contributed by atoms with van der Waals surface area (Å²) in [5.74, 6) is 0.943. The number of hydrogen-bond donors (Lipinski definition) is 0. The molecule has 1 aliphatic rings. The summed E-state index contributed by atoms with van der Waals surface area (Å²) in [6.07, 6.45) is 2.85. The minimum Gasteiger partial charge on any atom is -0.303 e. The lowest BCUT2D eigenvalue weighted by Crippen LogP contribution is -2.33. The van der Waals surface area contributed by atoms with Gasteiger partial charge in [-0.15, -0.1) is 0 Å². The van der Waals surface area contributed by atoms with Crippen molar-refractivity contribution in [1.82, 2.24) is 4.90 Å². The van der Waals surface area contributed by atoms with Crippen LogP contribution < -0.4 is 0 Å². The fourth-order valence-corrected chi connectivity index (χ4v) is 1.57. The number of rotatable bonds is 1. The molecule has 1 heterocycles. The molecule has 1 saturated heterocycles. The second-order valence-corrected chi connectivity index (χ2v) is 3.14. The lowest BCUT2D eigenvalue weighted by molar-refractivity contribution is 0.192. The summed E-state index contributed by atoms with van der Waals surface area (Å²) in [4.78, 5) is 2.54. The van der Waals surface area contributed by atoms with Crippen LogP contribution >= 0.6 is 0 Å². The molecule has 2 heteroatoms. The van der Waals surface area contributed by atoms with Crippen molar-refractivity contribution in [3.05, 3.63) is 0 Å². The highest BCUT2D eigenvalue weighted by molar-refractivity contribution is 4.67. The van der Waals surface area contributed by atoms with Gasteiger partial charge in [-0.3, -0.25) is 0 Å². The van der Waals surface area contributed by atoms with Crippen LogP contribution in [0.15, 0.2) is 0 Å². The molecule has 0 amide bonds. The van der Waals surface area contributed by atoms with E-state index in [1.807, 2.05) is 0 Å². The van der Waals surface area contributed by atoms with Gasteiger partial charge in [0, 0.05) is 13.1 Å². The molecule has 1 rings (SSSR count). The SMILES string of the molecule is C#N.CCN1CCC[C@@H](C)C1. The van der Waals surface area contributed by atoms with Crippen molar-refractivity contribution < 1.29 is 0 Å². The van der Waals surface area contributed by atoms with Crippen LogP contribution in [-0.4, -0.2) is 24.5 Å². The van der Waals surface area contributed by atoms with E-state index in [1.165, 1.54) is 32.5 Å². The predicted octanol–water partition coefficient (Wildman–Crippen LogP) is 1.88. The Labute approximate surface area is 69.8 Å². The van der Waals surface area contributed by atoms with Gasteiger partial charge in [-0.05, 0) is 31.8 Å². The minimum absolute atomic E-state index is 0.943. The monoisotopic (exact) mass is 154 g/mol. The molecule has 0 saturated carbocycles. The molecule has 0 unspecified atom stereocenters. The third-order valence-electron chi connectivity index (χ3n) is 2.19. The summed E-state index contributed by atoms with van der Waals surface area (Å²) in [5, 5.41) is 6.50. The fraction of sp³-hybridized carbons (Fsp3) is 0.889. The first-order valence-electron chi connectivity index (χ1n) is 4.31. The molecule has 1 fully saturated rings. The van der Waals surface area contributed by atoms with Crippen molar-refractivity contribution in [3.63, 3.8) is 0 Å². The zero-order chi connectivity index (χ0) is 8.69. The lowest BCUT2D eigenvalue weighted by atomic mass is 10.0. The predicted molar refractivity (Wildman–Crippen MR) is 47.2 cm³/mol. The van der Waals surface area contributed by atoms with Crippen molar-refractivity contribution in [2.75, 3.05) is 19.6 Å². The average Bonchev–Trinajstić information content (AvgIpc) is 2.08. The van der Waals surface area contributed by atoms with E-state index in [1.54, 1.807) is 0 Å². The quantitative estimate of drug-likeness (QED) is 0.576. The largest absolute Gasteiger partial charge is 0.303 e. The van der Waals surface area contributed by atoms with E-state index >= 15 is 0 Å². The Balaban J connectivity index is 0.000000461.